The third-order valence-corrected chi connectivity index (χ3v) is 5.96. The normalized spacial score (nSPS) is 11.6. The zero-order valence-electron chi connectivity index (χ0n) is 16.8. The second-order valence-electron chi connectivity index (χ2n) is 7.94. The fraction of sp³-hybridized carbons (Fsp3) is 0.0714. The fourth-order valence-corrected chi connectivity index (χ4v) is 4.48. The lowest BCUT2D eigenvalue weighted by atomic mass is 9.93. The lowest BCUT2D eigenvalue weighted by molar-refractivity contribution is 1.12. The van der Waals surface area contributed by atoms with Gasteiger partial charge in [0.2, 0.25) is 0 Å². The average molecular weight is 384 g/mol. The Kier molecular flexibility index (Phi) is 3.78. The van der Waals surface area contributed by atoms with E-state index in [0.29, 0.717) is 0 Å². The van der Waals surface area contributed by atoms with Crippen molar-refractivity contribution in [3.05, 3.63) is 108 Å². The molecular weight excluding hydrogens is 364 g/mol. The van der Waals surface area contributed by atoms with Crippen LogP contribution in [0.5, 0.6) is 0 Å². The Balaban J connectivity index is 1.59. The molecule has 0 N–H and O–H groups in total. The van der Waals surface area contributed by atoms with Gasteiger partial charge in [0.1, 0.15) is 0 Å². The third kappa shape index (κ3) is 2.73. The lowest BCUT2D eigenvalue weighted by Gasteiger charge is -2.12. The van der Waals surface area contributed by atoms with Gasteiger partial charge < -0.3 is 0 Å². The van der Waals surface area contributed by atoms with Gasteiger partial charge in [-0.3, -0.25) is 9.97 Å². The first-order valence-corrected chi connectivity index (χ1v) is 10.3. The molecule has 0 unspecified atom stereocenters. The van der Waals surface area contributed by atoms with Crippen molar-refractivity contribution in [2.24, 2.45) is 0 Å². The molecule has 6 aromatic rings. The number of benzene rings is 4. The van der Waals surface area contributed by atoms with Gasteiger partial charge in [-0.1, -0.05) is 72.8 Å². The molecule has 0 amide bonds. The molecule has 0 aliphatic carbocycles. The predicted molar refractivity (Wildman–Crippen MR) is 126 cm³/mol. The van der Waals surface area contributed by atoms with E-state index in [1.54, 1.807) is 0 Å². The fourth-order valence-electron chi connectivity index (χ4n) is 4.48. The van der Waals surface area contributed by atoms with E-state index in [1.165, 1.54) is 27.1 Å². The van der Waals surface area contributed by atoms with Gasteiger partial charge in [0, 0.05) is 28.6 Å². The summed E-state index contributed by atoms with van der Waals surface area (Å²) >= 11 is 0. The highest BCUT2D eigenvalue weighted by Crippen LogP contribution is 2.31. The Bertz CT molecular complexity index is 1530. The monoisotopic (exact) mass is 384 g/mol. The number of rotatable bonds is 2. The Morgan fingerprint density at radius 1 is 0.567 bits per heavy atom. The van der Waals surface area contributed by atoms with Gasteiger partial charge in [0.05, 0.1) is 11.0 Å². The number of hydrogen-bond acceptors (Lipinski definition) is 2. The van der Waals surface area contributed by atoms with Gasteiger partial charge in [0.15, 0.2) is 0 Å². The molecule has 0 saturated carbocycles. The van der Waals surface area contributed by atoms with Crippen LogP contribution in [0.3, 0.4) is 0 Å². The molecular formula is C28H20N2. The van der Waals surface area contributed by atoms with E-state index < -0.39 is 0 Å². The smallest absolute Gasteiger partial charge is 0.0968 e. The molecule has 142 valence electrons. The van der Waals surface area contributed by atoms with Gasteiger partial charge in [-0.05, 0) is 52.2 Å². The van der Waals surface area contributed by atoms with Gasteiger partial charge in [-0.15, -0.1) is 0 Å². The van der Waals surface area contributed by atoms with Crippen LogP contribution in [0.25, 0.3) is 43.4 Å². The van der Waals surface area contributed by atoms with Crippen molar-refractivity contribution in [1.82, 2.24) is 9.97 Å². The summed E-state index contributed by atoms with van der Waals surface area (Å²) in [6.45, 7) is 2.03. The van der Waals surface area contributed by atoms with Crippen molar-refractivity contribution in [1.29, 1.82) is 0 Å². The highest BCUT2D eigenvalue weighted by molar-refractivity contribution is 6.04. The summed E-state index contributed by atoms with van der Waals surface area (Å²) in [5.74, 6) is 0. The van der Waals surface area contributed by atoms with Crippen molar-refractivity contribution in [2.45, 2.75) is 13.3 Å². The van der Waals surface area contributed by atoms with Crippen LogP contribution in [0, 0.1) is 6.92 Å². The van der Waals surface area contributed by atoms with E-state index in [9.17, 15) is 0 Å². The molecule has 2 heterocycles. The summed E-state index contributed by atoms with van der Waals surface area (Å²) in [6, 6.07) is 32.3. The number of pyridine rings is 2. The summed E-state index contributed by atoms with van der Waals surface area (Å²) in [5, 5.41) is 7.40. The van der Waals surface area contributed by atoms with Gasteiger partial charge in [0.25, 0.3) is 0 Å². The topological polar surface area (TPSA) is 25.8 Å². The Hall–Kier alpha value is -3.78. The molecule has 0 aliphatic rings. The molecule has 6 rings (SSSR count). The van der Waals surface area contributed by atoms with E-state index in [1.807, 2.05) is 6.92 Å². The minimum atomic E-state index is 0.792. The maximum atomic E-state index is 5.09. The van der Waals surface area contributed by atoms with Crippen molar-refractivity contribution in [2.75, 3.05) is 0 Å². The summed E-state index contributed by atoms with van der Waals surface area (Å²) < 4.78 is 0. The van der Waals surface area contributed by atoms with Gasteiger partial charge >= 0.3 is 0 Å². The molecule has 4 aromatic carbocycles. The Labute approximate surface area is 174 Å². The summed E-state index contributed by atoms with van der Waals surface area (Å²) in [7, 11) is 0. The largest absolute Gasteiger partial charge is 0.251 e. The number of nitrogens with zero attached hydrogens (tertiary/aromatic N) is 2. The van der Waals surface area contributed by atoms with Crippen LogP contribution in [0.2, 0.25) is 0 Å². The van der Waals surface area contributed by atoms with Crippen molar-refractivity contribution in [3.63, 3.8) is 0 Å². The second kappa shape index (κ2) is 6.64. The highest BCUT2D eigenvalue weighted by Gasteiger charge is 2.11. The Morgan fingerprint density at radius 2 is 1.13 bits per heavy atom. The molecule has 2 aromatic heterocycles. The first-order chi connectivity index (χ1) is 14.8. The SMILES string of the molecule is Cc1ccc2ccc3ccc(Cc4c5ccccc5cc5ccccc45)nc3c2n1. The zero-order valence-corrected chi connectivity index (χ0v) is 16.8. The lowest BCUT2D eigenvalue weighted by Crippen LogP contribution is -1.97. The molecule has 0 spiro atoms. The van der Waals surface area contributed by atoms with Crippen LogP contribution in [0.4, 0.5) is 0 Å². The first kappa shape index (κ1) is 17.1. The number of hydrogen-bond donors (Lipinski definition) is 0. The molecule has 30 heavy (non-hydrogen) atoms. The Morgan fingerprint density at radius 3 is 1.83 bits per heavy atom. The second-order valence-corrected chi connectivity index (χ2v) is 7.94. The van der Waals surface area contributed by atoms with Crippen molar-refractivity contribution < 1.29 is 0 Å². The predicted octanol–water partition coefficient (Wildman–Crippen LogP) is 6.99. The summed E-state index contributed by atoms with van der Waals surface area (Å²) in [4.78, 5) is 9.88. The van der Waals surface area contributed by atoms with E-state index in [-0.39, 0.29) is 0 Å². The van der Waals surface area contributed by atoms with E-state index in [0.717, 1.165) is 39.6 Å². The maximum absolute atomic E-state index is 5.09. The minimum absolute atomic E-state index is 0.792. The van der Waals surface area contributed by atoms with Crippen LogP contribution in [0.15, 0.2) is 91.0 Å². The van der Waals surface area contributed by atoms with Crippen LogP contribution >= 0.6 is 0 Å². The highest BCUT2D eigenvalue weighted by atomic mass is 14.8. The number of aromatic nitrogens is 2. The zero-order chi connectivity index (χ0) is 20.1. The molecule has 2 nitrogen and oxygen atoms in total. The molecule has 0 atom stereocenters. The average Bonchev–Trinajstić information content (AvgIpc) is 2.79. The molecule has 0 fully saturated rings. The van der Waals surface area contributed by atoms with E-state index in [2.05, 4.69) is 91.0 Å². The van der Waals surface area contributed by atoms with Crippen LogP contribution in [-0.4, -0.2) is 9.97 Å². The quantitative estimate of drug-likeness (QED) is 0.237. The van der Waals surface area contributed by atoms with E-state index >= 15 is 0 Å². The van der Waals surface area contributed by atoms with Crippen LogP contribution in [-0.2, 0) is 6.42 Å². The minimum Gasteiger partial charge on any atom is -0.251 e. The molecule has 0 bridgehead atoms. The maximum Gasteiger partial charge on any atom is 0.0968 e. The van der Waals surface area contributed by atoms with E-state index in [4.69, 9.17) is 9.97 Å². The molecule has 0 saturated heterocycles. The molecule has 0 aliphatic heterocycles. The first-order valence-electron chi connectivity index (χ1n) is 10.3. The third-order valence-electron chi connectivity index (χ3n) is 5.96. The number of aryl methyl sites for hydroxylation is 1. The van der Waals surface area contributed by atoms with Crippen molar-refractivity contribution >= 4 is 43.4 Å². The van der Waals surface area contributed by atoms with Crippen LogP contribution < -0.4 is 0 Å². The number of fused-ring (bicyclic) bond motifs is 5. The summed E-state index contributed by atoms with van der Waals surface area (Å²) in [6.07, 6.45) is 0.792. The molecule has 0 radical (unpaired) electrons. The standard InChI is InChI=1S/C28H20N2/c1-18-10-11-19-12-13-20-14-15-23(30-28(20)27(19)29-18)17-26-24-8-4-2-6-21(24)16-22-7-3-5-9-25(22)26/h2-16H,17H2,1H3. The summed E-state index contributed by atoms with van der Waals surface area (Å²) in [5.41, 5.74) is 5.39. The van der Waals surface area contributed by atoms with Crippen molar-refractivity contribution in [3.8, 4) is 0 Å². The van der Waals surface area contributed by atoms with Gasteiger partial charge in [-0.25, -0.2) is 0 Å². The molecule has 2 heteroatoms. The van der Waals surface area contributed by atoms with Gasteiger partial charge in [-0.2, -0.15) is 0 Å². The van der Waals surface area contributed by atoms with Crippen LogP contribution in [0.1, 0.15) is 17.0 Å².